The van der Waals surface area contributed by atoms with Gasteiger partial charge in [-0.3, -0.25) is 9.36 Å². The van der Waals surface area contributed by atoms with Crippen LogP contribution in [-0.2, 0) is 20.7 Å². The van der Waals surface area contributed by atoms with Gasteiger partial charge in [0.25, 0.3) is 0 Å². The van der Waals surface area contributed by atoms with Crippen LogP contribution in [-0.4, -0.2) is 76.3 Å². The van der Waals surface area contributed by atoms with Crippen molar-refractivity contribution < 1.29 is 14.3 Å². The standard InChI is InChI=1S/C23H29N7O3S/c1-28(2)21(31)14-29(23-26-22(27-34-23)30-12-10-24-16-30)11-6-9-25-19(20-15-32-17-33-20)13-18-7-4-3-5-8-18/h3-5,7-8,10,12,15-16,19,25H,6,9,11,13-14,17H2,1-2H3. The highest BCUT2D eigenvalue weighted by molar-refractivity contribution is 7.09. The highest BCUT2D eigenvalue weighted by Crippen LogP contribution is 2.20. The highest BCUT2D eigenvalue weighted by atomic mass is 32.1. The third kappa shape index (κ3) is 6.33. The first-order valence-electron chi connectivity index (χ1n) is 11.1. The van der Waals surface area contributed by atoms with Gasteiger partial charge in [0.05, 0.1) is 12.6 Å². The van der Waals surface area contributed by atoms with E-state index in [1.54, 1.807) is 48.5 Å². The van der Waals surface area contributed by atoms with Gasteiger partial charge in [-0.1, -0.05) is 30.3 Å². The lowest BCUT2D eigenvalue weighted by atomic mass is 10.0. The molecule has 1 N–H and O–H groups in total. The van der Waals surface area contributed by atoms with Crippen LogP contribution in [0.5, 0.6) is 0 Å². The molecule has 1 aliphatic rings. The van der Waals surface area contributed by atoms with Crippen molar-refractivity contribution in [3.63, 3.8) is 0 Å². The zero-order valence-corrected chi connectivity index (χ0v) is 20.1. The minimum absolute atomic E-state index is 0.0101. The summed E-state index contributed by atoms with van der Waals surface area (Å²) < 4.78 is 17.1. The molecule has 1 amide bonds. The van der Waals surface area contributed by atoms with Crippen LogP contribution >= 0.6 is 11.5 Å². The Kier molecular flexibility index (Phi) is 8.10. The van der Waals surface area contributed by atoms with E-state index in [1.165, 1.54) is 17.1 Å². The number of nitrogens with zero attached hydrogens (tertiary/aromatic N) is 6. The van der Waals surface area contributed by atoms with Gasteiger partial charge in [-0.25, -0.2) is 4.98 Å². The van der Waals surface area contributed by atoms with Crippen LogP contribution in [0.15, 0.2) is 61.1 Å². The molecule has 10 nitrogen and oxygen atoms in total. The quantitative estimate of drug-likeness (QED) is 0.391. The Morgan fingerprint density at radius 3 is 2.85 bits per heavy atom. The predicted molar refractivity (Wildman–Crippen MR) is 130 cm³/mol. The first-order chi connectivity index (χ1) is 16.6. The summed E-state index contributed by atoms with van der Waals surface area (Å²) in [4.78, 5) is 24.7. The Morgan fingerprint density at radius 1 is 1.29 bits per heavy atom. The zero-order valence-electron chi connectivity index (χ0n) is 19.3. The summed E-state index contributed by atoms with van der Waals surface area (Å²) in [5, 5.41) is 4.28. The van der Waals surface area contributed by atoms with Gasteiger partial charge in [-0.05, 0) is 24.9 Å². The number of amides is 1. The number of carbonyl (C=O) groups is 1. The molecule has 11 heteroatoms. The van der Waals surface area contributed by atoms with Crippen molar-refractivity contribution in [2.45, 2.75) is 18.9 Å². The number of anilines is 1. The zero-order chi connectivity index (χ0) is 23.8. The van der Waals surface area contributed by atoms with E-state index < -0.39 is 0 Å². The summed E-state index contributed by atoms with van der Waals surface area (Å²) in [6, 6.07) is 10.3. The van der Waals surface area contributed by atoms with Crippen molar-refractivity contribution in [3.05, 3.63) is 66.6 Å². The fourth-order valence-corrected chi connectivity index (χ4v) is 4.16. The largest absolute Gasteiger partial charge is 0.462 e. The second kappa shape index (κ2) is 11.6. The molecule has 1 unspecified atom stereocenters. The number of ether oxygens (including phenoxy) is 2. The van der Waals surface area contributed by atoms with E-state index >= 15 is 0 Å². The van der Waals surface area contributed by atoms with Gasteiger partial charge < -0.3 is 24.6 Å². The van der Waals surface area contributed by atoms with Gasteiger partial charge in [0.15, 0.2) is 5.76 Å². The fourth-order valence-electron chi connectivity index (χ4n) is 3.47. The predicted octanol–water partition coefficient (Wildman–Crippen LogP) is 2.06. The molecule has 0 radical (unpaired) electrons. The SMILES string of the molecule is CN(C)C(=O)CN(CCCNC(Cc1ccccc1)C1=COCO1)c1nc(-n2ccnc2)ns1. The molecule has 0 spiro atoms. The number of nitrogens with one attached hydrogen (secondary N) is 1. The summed E-state index contributed by atoms with van der Waals surface area (Å²) in [6.07, 6.45) is 8.41. The lowest BCUT2D eigenvalue weighted by Crippen LogP contribution is -2.39. The molecular formula is C23H29N7O3S. The van der Waals surface area contributed by atoms with Crippen molar-refractivity contribution in [1.29, 1.82) is 0 Å². The van der Waals surface area contributed by atoms with Crippen LogP contribution in [0.1, 0.15) is 12.0 Å². The lowest BCUT2D eigenvalue weighted by molar-refractivity contribution is -0.127. The molecule has 1 atom stereocenters. The molecule has 0 aliphatic carbocycles. The number of carbonyl (C=O) groups excluding carboxylic acids is 1. The molecule has 0 saturated heterocycles. The van der Waals surface area contributed by atoms with Gasteiger partial charge >= 0.3 is 0 Å². The number of likely N-dealkylation sites (N-methyl/N-ethyl adjacent to an activating group) is 1. The van der Waals surface area contributed by atoms with Crippen LogP contribution < -0.4 is 10.2 Å². The molecule has 4 rings (SSSR count). The van der Waals surface area contributed by atoms with Gasteiger partial charge in [0.1, 0.15) is 12.6 Å². The second-order valence-corrected chi connectivity index (χ2v) is 8.79. The summed E-state index contributed by atoms with van der Waals surface area (Å²) in [6.45, 7) is 1.87. The average Bonchev–Trinajstić information content (AvgIpc) is 3.63. The minimum Gasteiger partial charge on any atom is -0.462 e. The lowest BCUT2D eigenvalue weighted by Gasteiger charge is -2.24. The molecule has 1 aromatic carbocycles. The molecular weight excluding hydrogens is 454 g/mol. The number of aromatic nitrogens is 4. The van der Waals surface area contributed by atoms with E-state index in [0.29, 0.717) is 17.6 Å². The van der Waals surface area contributed by atoms with Gasteiger partial charge in [0.2, 0.25) is 23.8 Å². The Morgan fingerprint density at radius 2 is 2.15 bits per heavy atom. The molecule has 0 saturated carbocycles. The van der Waals surface area contributed by atoms with Gasteiger partial charge in [-0.15, -0.1) is 0 Å². The molecule has 180 valence electrons. The van der Waals surface area contributed by atoms with Gasteiger partial charge in [0, 0.05) is 44.6 Å². The normalized spacial score (nSPS) is 13.6. The number of hydrogen-bond acceptors (Lipinski definition) is 9. The number of hydrogen-bond donors (Lipinski definition) is 1. The Bertz CT molecular complexity index is 1070. The maximum Gasteiger partial charge on any atom is 0.248 e. The van der Waals surface area contributed by atoms with E-state index in [2.05, 4.69) is 31.8 Å². The average molecular weight is 484 g/mol. The summed E-state index contributed by atoms with van der Waals surface area (Å²) in [7, 11) is 3.51. The van der Waals surface area contributed by atoms with E-state index in [-0.39, 0.29) is 25.3 Å². The molecule has 3 aromatic rings. The van der Waals surface area contributed by atoms with E-state index in [4.69, 9.17) is 9.47 Å². The monoisotopic (exact) mass is 483 g/mol. The Balaban J connectivity index is 1.37. The number of imidazole rings is 1. The van der Waals surface area contributed by atoms with Crippen LogP contribution in [0.2, 0.25) is 0 Å². The minimum atomic E-state index is 0.0101. The Hall–Kier alpha value is -3.44. The van der Waals surface area contributed by atoms with Crippen molar-refractivity contribution >= 4 is 22.6 Å². The summed E-state index contributed by atoms with van der Waals surface area (Å²) >= 11 is 1.28. The van der Waals surface area contributed by atoms with E-state index in [1.807, 2.05) is 23.1 Å². The summed E-state index contributed by atoms with van der Waals surface area (Å²) in [5.74, 6) is 1.36. The van der Waals surface area contributed by atoms with Crippen molar-refractivity contribution in [3.8, 4) is 5.95 Å². The molecule has 2 aromatic heterocycles. The van der Waals surface area contributed by atoms with E-state index in [9.17, 15) is 4.79 Å². The molecule has 34 heavy (non-hydrogen) atoms. The molecule has 0 bridgehead atoms. The van der Waals surface area contributed by atoms with Crippen molar-refractivity contribution in [2.75, 3.05) is 45.4 Å². The molecule has 3 heterocycles. The number of rotatable bonds is 12. The maximum atomic E-state index is 12.5. The third-order valence-electron chi connectivity index (χ3n) is 5.35. The first kappa shape index (κ1) is 23.7. The first-order valence-corrected chi connectivity index (χ1v) is 11.9. The highest BCUT2D eigenvalue weighted by Gasteiger charge is 2.21. The van der Waals surface area contributed by atoms with Crippen LogP contribution in [0, 0.1) is 0 Å². The Labute approximate surface area is 203 Å². The van der Waals surface area contributed by atoms with Crippen LogP contribution in [0.4, 0.5) is 5.13 Å². The van der Waals surface area contributed by atoms with Crippen molar-refractivity contribution in [1.82, 2.24) is 29.1 Å². The van der Waals surface area contributed by atoms with E-state index in [0.717, 1.165) is 25.1 Å². The maximum absolute atomic E-state index is 12.5. The smallest absolute Gasteiger partial charge is 0.248 e. The van der Waals surface area contributed by atoms with Crippen molar-refractivity contribution in [2.24, 2.45) is 0 Å². The van der Waals surface area contributed by atoms with Crippen LogP contribution in [0.25, 0.3) is 5.95 Å². The molecule has 1 aliphatic heterocycles. The number of benzene rings is 1. The molecule has 0 fully saturated rings. The fraction of sp³-hybridized carbons (Fsp3) is 0.391. The summed E-state index contributed by atoms with van der Waals surface area (Å²) in [5.41, 5.74) is 1.22. The topological polar surface area (TPSA) is 97.6 Å². The third-order valence-corrected chi connectivity index (χ3v) is 6.12. The van der Waals surface area contributed by atoms with Crippen LogP contribution in [0.3, 0.4) is 0 Å². The second-order valence-electron chi connectivity index (χ2n) is 8.06. The van der Waals surface area contributed by atoms with Gasteiger partial charge in [-0.2, -0.15) is 9.36 Å².